The minimum atomic E-state index is -1.08. The molecule has 0 bridgehead atoms. The number of hydrogen-bond donors (Lipinski definition) is 2. The topological polar surface area (TPSA) is 96.3 Å². The van der Waals surface area contributed by atoms with E-state index in [0.717, 1.165) is 31.2 Å². The number of nitrogens with zero attached hydrogens (tertiary/aromatic N) is 3. The van der Waals surface area contributed by atoms with Gasteiger partial charge in [0, 0.05) is 30.7 Å². The molecule has 176 valence electrons. The fourth-order valence-corrected chi connectivity index (χ4v) is 4.60. The molecule has 1 saturated carbocycles. The van der Waals surface area contributed by atoms with Crippen LogP contribution in [0.3, 0.4) is 0 Å². The number of fused-ring (bicyclic) bond motifs is 1. The predicted molar refractivity (Wildman–Crippen MR) is 125 cm³/mol. The number of benzene rings is 1. The molecule has 9 heteroatoms. The average molecular weight is 472 g/mol. The molecule has 8 nitrogen and oxygen atoms in total. The molecule has 33 heavy (non-hydrogen) atoms. The minimum Gasteiger partial charge on any atom is -0.351 e. The Labute approximate surface area is 198 Å². The first-order valence-corrected chi connectivity index (χ1v) is 11.9. The molecule has 3 amide bonds. The first-order chi connectivity index (χ1) is 15.8. The van der Waals surface area contributed by atoms with Gasteiger partial charge in [-0.2, -0.15) is 5.10 Å². The van der Waals surface area contributed by atoms with Crippen LogP contribution in [-0.4, -0.2) is 51.0 Å². The van der Waals surface area contributed by atoms with Gasteiger partial charge in [0.1, 0.15) is 11.2 Å². The highest BCUT2D eigenvalue weighted by atomic mass is 35.5. The summed E-state index contributed by atoms with van der Waals surface area (Å²) in [6.45, 7) is 2.25. The quantitative estimate of drug-likeness (QED) is 0.655. The van der Waals surface area contributed by atoms with E-state index in [0.29, 0.717) is 17.3 Å². The molecular weight excluding hydrogens is 442 g/mol. The maximum absolute atomic E-state index is 13.3. The highest BCUT2D eigenvalue weighted by molar-refractivity contribution is 6.30. The number of aromatic nitrogens is 2. The van der Waals surface area contributed by atoms with Crippen molar-refractivity contribution in [2.24, 2.45) is 0 Å². The number of nitrogens with one attached hydrogen (secondary N) is 2. The van der Waals surface area contributed by atoms with Crippen LogP contribution >= 0.6 is 11.6 Å². The Morgan fingerprint density at radius 1 is 1.15 bits per heavy atom. The number of amides is 3. The van der Waals surface area contributed by atoms with E-state index in [1.54, 1.807) is 26.1 Å². The van der Waals surface area contributed by atoms with Crippen molar-refractivity contribution in [2.75, 3.05) is 7.05 Å². The summed E-state index contributed by atoms with van der Waals surface area (Å²) in [5.41, 5.74) is 0.262. The second-order valence-corrected chi connectivity index (χ2v) is 9.62. The summed E-state index contributed by atoms with van der Waals surface area (Å²) in [5.74, 6) is -0.893. The third-order valence-corrected chi connectivity index (χ3v) is 7.03. The van der Waals surface area contributed by atoms with E-state index in [2.05, 4.69) is 15.7 Å². The van der Waals surface area contributed by atoms with Gasteiger partial charge in [0.15, 0.2) is 5.69 Å². The van der Waals surface area contributed by atoms with E-state index >= 15 is 0 Å². The van der Waals surface area contributed by atoms with Crippen LogP contribution in [-0.2, 0) is 17.9 Å². The van der Waals surface area contributed by atoms with Crippen molar-refractivity contribution in [2.45, 2.75) is 70.1 Å². The average Bonchev–Trinajstić information content (AvgIpc) is 3.05. The van der Waals surface area contributed by atoms with E-state index in [-0.39, 0.29) is 36.0 Å². The summed E-state index contributed by atoms with van der Waals surface area (Å²) in [4.78, 5) is 40.5. The van der Waals surface area contributed by atoms with Crippen molar-refractivity contribution in [3.8, 4) is 0 Å². The van der Waals surface area contributed by atoms with Crippen molar-refractivity contribution in [1.82, 2.24) is 25.3 Å². The Bertz CT molecular complexity index is 1040. The smallest absolute Gasteiger partial charge is 0.272 e. The van der Waals surface area contributed by atoms with Crippen LogP contribution in [0.15, 0.2) is 30.3 Å². The largest absolute Gasteiger partial charge is 0.351 e. The third-order valence-electron chi connectivity index (χ3n) is 6.78. The van der Waals surface area contributed by atoms with E-state index in [1.807, 2.05) is 12.1 Å². The highest BCUT2D eigenvalue weighted by Gasteiger charge is 2.46. The molecule has 1 atom stereocenters. The van der Waals surface area contributed by atoms with Gasteiger partial charge in [-0.3, -0.25) is 19.1 Å². The summed E-state index contributed by atoms with van der Waals surface area (Å²) in [6, 6.07) is 8.80. The number of carbonyl (C=O) groups excluding carboxylic acids is 3. The van der Waals surface area contributed by atoms with E-state index in [1.165, 1.54) is 28.5 Å². The molecule has 4 rings (SSSR count). The number of rotatable bonds is 5. The molecule has 1 aromatic heterocycles. The summed E-state index contributed by atoms with van der Waals surface area (Å²) in [6.07, 6.45) is 6.53. The second kappa shape index (κ2) is 9.55. The first kappa shape index (κ1) is 23.3. The molecule has 1 aromatic carbocycles. The molecule has 1 unspecified atom stereocenters. The first-order valence-electron chi connectivity index (χ1n) is 11.5. The maximum atomic E-state index is 13.3. The van der Waals surface area contributed by atoms with Crippen molar-refractivity contribution in [1.29, 1.82) is 0 Å². The Balaban J connectivity index is 1.46. The van der Waals surface area contributed by atoms with Crippen LogP contribution < -0.4 is 10.6 Å². The van der Waals surface area contributed by atoms with Gasteiger partial charge in [0.05, 0.1) is 6.54 Å². The minimum absolute atomic E-state index is 0.133. The summed E-state index contributed by atoms with van der Waals surface area (Å²) in [5, 5.41) is 11.0. The Kier molecular flexibility index (Phi) is 6.74. The van der Waals surface area contributed by atoms with E-state index in [4.69, 9.17) is 11.6 Å². The molecule has 0 radical (unpaired) electrons. The number of hydrogen-bond acceptors (Lipinski definition) is 4. The molecule has 1 aliphatic carbocycles. The van der Waals surface area contributed by atoms with Crippen LogP contribution in [0.25, 0.3) is 0 Å². The van der Waals surface area contributed by atoms with E-state index < -0.39 is 5.54 Å². The number of carbonyl (C=O) groups is 3. The monoisotopic (exact) mass is 471 g/mol. The summed E-state index contributed by atoms with van der Waals surface area (Å²) < 4.78 is 1.48. The predicted octanol–water partition coefficient (Wildman–Crippen LogP) is 3.15. The van der Waals surface area contributed by atoms with Crippen LogP contribution in [0.5, 0.6) is 0 Å². The maximum Gasteiger partial charge on any atom is 0.272 e. The van der Waals surface area contributed by atoms with Crippen LogP contribution in [0.4, 0.5) is 0 Å². The van der Waals surface area contributed by atoms with Gasteiger partial charge in [-0.05, 0) is 37.5 Å². The van der Waals surface area contributed by atoms with Crippen LogP contribution in [0.1, 0.15) is 72.0 Å². The zero-order chi connectivity index (χ0) is 23.6. The molecule has 2 heterocycles. The Hall–Kier alpha value is -2.87. The summed E-state index contributed by atoms with van der Waals surface area (Å²) in [7, 11) is 1.63. The van der Waals surface area contributed by atoms with Gasteiger partial charge in [-0.25, -0.2) is 0 Å². The van der Waals surface area contributed by atoms with Gasteiger partial charge in [-0.15, -0.1) is 0 Å². The molecule has 2 aromatic rings. The zero-order valence-corrected chi connectivity index (χ0v) is 19.8. The molecule has 1 aliphatic heterocycles. The fourth-order valence-electron chi connectivity index (χ4n) is 4.48. The lowest BCUT2D eigenvalue weighted by Gasteiger charge is -2.41. The fraction of sp³-hybridized carbons (Fsp3) is 0.500. The molecule has 2 N–H and O–H groups in total. The van der Waals surface area contributed by atoms with Crippen molar-refractivity contribution >= 4 is 29.3 Å². The normalized spacial score (nSPS) is 21.3. The number of likely N-dealkylation sites (N-methyl/N-ethyl adjacent to an activating group) is 1. The SMILES string of the molecule is CN1C(=O)c2cc(C(=O)NCc3ccc(Cl)cc3)nn2CC1(C)C(=O)NC1CCCCCC1. The van der Waals surface area contributed by atoms with Gasteiger partial charge < -0.3 is 15.5 Å². The lowest BCUT2D eigenvalue weighted by molar-refractivity contribution is -0.133. The van der Waals surface area contributed by atoms with Gasteiger partial charge in [0.2, 0.25) is 5.91 Å². The highest BCUT2D eigenvalue weighted by Crippen LogP contribution is 2.27. The molecule has 1 fully saturated rings. The zero-order valence-electron chi connectivity index (χ0n) is 19.1. The van der Waals surface area contributed by atoms with Crippen molar-refractivity contribution in [3.63, 3.8) is 0 Å². The lowest BCUT2D eigenvalue weighted by Crippen LogP contribution is -2.63. The van der Waals surface area contributed by atoms with Crippen molar-refractivity contribution < 1.29 is 14.4 Å². The van der Waals surface area contributed by atoms with Crippen LogP contribution in [0.2, 0.25) is 5.02 Å². The van der Waals surface area contributed by atoms with Gasteiger partial charge in [-0.1, -0.05) is 49.4 Å². The molecule has 0 saturated heterocycles. The standard InChI is InChI=1S/C24H30ClN5O3/c1-24(23(33)27-18-7-5-3-4-6-8-18)15-30-20(22(32)29(24)2)13-19(28-30)21(31)26-14-16-9-11-17(25)12-10-16/h9-13,18H,3-8,14-15H2,1-2H3,(H,26,31)(H,27,33). The summed E-state index contributed by atoms with van der Waals surface area (Å²) >= 11 is 5.90. The third kappa shape index (κ3) is 4.90. The van der Waals surface area contributed by atoms with Crippen LogP contribution in [0, 0.1) is 0 Å². The molecule has 0 spiro atoms. The lowest BCUT2D eigenvalue weighted by atomic mass is 9.95. The number of halogens is 1. The molecular formula is C24H30ClN5O3. The van der Waals surface area contributed by atoms with Gasteiger partial charge >= 0.3 is 0 Å². The van der Waals surface area contributed by atoms with Crippen molar-refractivity contribution in [3.05, 3.63) is 52.3 Å². The van der Waals surface area contributed by atoms with Gasteiger partial charge in [0.25, 0.3) is 11.8 Å². The second-order valence-electron chi connectivity index (χ2n) is 9.18. The Morgan fingerprint density at radius 2 is 1.82 bits per heavy atom. The Morgan fingerprint density at radius 3 is 2.48 bits per heavy atom. The molecule has 2 aliphatic rings. The van der Waals surface area contributed by atoms with E-state index in [9.17, 15) is 14.4 Å².